The molecule has 0 aromatic heterocycles. The molecule has 0 bridgehead atoms. The summed E-state index contributed by atoms with van der Waals surface area (Å²) >= 11 is 0. The third-order valence-electron chi connectivity index (χ3n) is 6.70. The fourth-order valence-corrected chi connectivity index (χ4v) is 4.54. The van der Waals surface area contributed by atoms with E-state index in [4.69, 9.17) is 28.4 Å². The Hall–Kier alpha value is -0.240. The van der Waals surface area contributed by atoms with E-state index in [-0.39, 0.29) is 0 Å². The van der Waals surface area contributed by atoms with Gasteiger partial charge in [-0.15, -0.1) is 0 Å². The van der Waals surface area contributed by atoms with Crippen molar-refractivity contribution in [3.8, 4) is 0 Å². The zero-order valence-corrected chi connectivity index (χ0v) is 22.5. The molecule has 0 aromatic carbocycles. The predicted molar refractivity (Wildman–Crippen MR) is 136 cm³/mol. The minimum atomic E-state index is -0.519. The molecule has 6 heteroatoms. The molecular formula is C28H54O6. The molecule has 0 aliphatic carbocycles. The first-order valence-electron chi connectivity index (χ1n) is 14.4. The normalized spacial score (nSPS) is 20.6. The van der Waals surface area contributed by atoms with Gasteiger partial charge in [0.1, 0.15) is 12.2 Å². The third-order valence-corrected chi connectivity index (χ3v) is 6.70. The van der Waals surface area contributed by atoms with Gasteiger partial charge in [-0.25, -0.2) is 0 Å². The van der Waals surface area contributed by atoms with Gasteiger partial charge < -0.3 is 28.4 Å². The van der Waals surface area contributed by atoms with E-state index in [0.29, 0.717) is 24.7 Å². The van der Waals surface area contributed by atoms with Gasteiger partial charge in [0.15, 0.2) is 5.79 Å². The van der Waals surface area contributed by atoms with Crippen LogP contribution in [0.3, 0.4) is 0 Å². The minimum absolute atomic E-state index is 0.318. The van der Waals surface area contributed by atoms with Crippen molar-refractivity contribution in [2.24, 2.45) is 5.92 Å². The molecule has 2 rings (SSSR count). The number of rotatable bonds is 26. The maximum Gasteiger partial charge on any atom is 0.171 e. The summed E-state index contributed by atoms with van der Waals surface area (Å²) in [5.41, 5.74) is 0. The van der Waals surface area contributed by atoms with Gasteiger partial charge in [-0.05, 0) is 38.5 Å². The summed E-state index contributed by atoms with van der Waals surface area (Å²) in [6.07, 6.45) is 15.6. The molecule has 3 unspecified atom stereocenters. The Balaban J connectivity index is 1.93. The van der Waals surface area contributed by atoms with Crippen molar-refractivity contribution < 1.29 is 28.4 Å². The van der Waals surface area contributed by atoms with Crippen molar-refractivity contribution in [2.45, 2.75) is 122 Å². The highest BCUT2D eigenvalue weighted by molar-refractivity contribution is 4.82. The molecule has 2 fully saturated rings. The van der Waals surface area contributed by atoms with Crippen LogP contribution in [-0.4, -0.2) is 70.9 Å². The minimum Gasteiger partial charge on any atom is -0.379 e. The Labute approximate surface area is 209 Å². The molecule has 2 aliphatic heterocycles. The quantitative estimate of drug-likeness (QED) is 0.0813. The molecule has 2 heterocycles. The molecular weight excluding hydrogens is 432 g/mol. The monoisotopic (exact) mass is 486 g/mol. The smallest absolute Gasteiger partial charge is 0.171 e. The van der Waals surface area contributed by atoms with Gasteiger partial charge in [0.2, 0.25) is 0 Å². The van der Waals surface area contributed by atoms with E-state index in [9.17, 15) is 0 Å². The third kappa shape index (κ3) is 13.7. The number of hydrogen-bond donors (Lipinski definition) is 0. The standard InChI is InChI=1S/C28H54O6/c1-4-7-8-9-10-11-14-25(15-12-19-29-21-26-23-31-26)28(33-17-5-2,34-18-6-3)16-13-20-30-22-27-24-32-27/h25-27H,4-24H2,1-3H3. The van der Waals surface area contributed by atoms with Gasteiger partial charge in [0.05, 0.1) is 26.4 Å². The zero-order chi connectivity index (χ0) is 24.3. The second-order valence-electron chi connectivity index (χ2n) is 10.1. The number of epoxide rings is 2. The molecule has 202 valence electrons. The zero-order valence-electron chi connectivity index (χ0n) is 22.5. The molecule has 2 saturated heterocycles. The number of ether oxygens (including phenoxy) is 6. The summed E-state index contributed by atoms with van der Waals surface area (Å²) in [5, 5.41) is 0. The summed E-state index contributed by atoms with van der Waals surface area (Å²) < 4.78 is 35.5. The first-order valence-corrected chi connectivity index (χ1v) is 14.4. The highest BCUT2D eigenvalue weighted by Crippen LogP contribution is 2.37. The lowest BCUT2D eigenvalue weighted by Crippen LogP contribution is -2.45. The largest absolute Gasteiger partial charge is 0.379 e. The summed E-state index contributed by atoms with van der Waals surface area (Å²) in [7, 11) is 0. The SMILES string of the molecule is CCCCCCCCC(CCCOCC1CO1)C(CCCOCC1CO1)(OCCC)OCCC. The predicted octanol–water partition coefficient (Wildman–Crippen LogP) is 6.29. The Morgan fingerprint density at radius 1 is 0.647 bits per heavy atom. The van der Waals surface area contributed by atoms with Crippen LogP contribution in [0.25, 0.3) is 0 Å². The van der Waals surface area contributed by atoms with Gasteiger partial charge in [0.25, 0.3) is 0 Å². The van der Waals surface area contributed by atoms with Crippen LogP contribution in [-0.2, 0) is 28.4 Å². The van der Waals surface area contributed by atoms with Crippen LogP contribution >= 0.6 is 0 Å². The molecule has 0 N–H and O–H groups in total. The Kier molecular flexibility index (Phi) is 16.7. The Morgan fingerprint density at radius 2 is 1.18 bits per heavy atom. The number of hydrogen-bond acceptors (Lipinski definition) is 6. The van der Waals surface area contributed by atoms with Crippen LogP contribution in [0, 0.1) is 5.92 Å². The van der Waals surface area contributed by atoms with E-state index in [1.165, 1.54) is 38.5 Å². The van der Waals surface area contributed by atoms with Gasteiger partial charge in [-0.3, -0.25) is 0 Å². The van der Waals surface area contributed by atoms with Crippen molar-refractivity contribution in [3.63, 3.8) is 0 Å². The van der Waals surface area contributed by atoms with Crippen LogP contribution < -0.4 is 0 Å². The van der Waals surface area contributed by atoms with Crippen LogP contribution in [0.5, 0.6) is 0 Å². The van der Waals surface area contributed by atoms with E-state index in [1.54, 1.807) is 0 Å². The fraction of sp³-hybridized carbons (Fsp3) is 1.00. The lowest BCUT2D eigenvalue weighted by atomic mass is 9.85. The van der Waals surface area contributed by atoms with Crippen LogP contribution in [0.1, 0.15) is 104 Å². The first kappa shape index (κ1) is 30.0. The molecule has 0 spiro atoms. The van der Waals surface area contributed by atoms with Crippen molar-refractivity contribution in [1.82, 2.24) is 0 Å². The first-order chi connectivity index (χ1) is 16.7. The van der Waals surface area contributed by atoms with Crippen LogP contribution in [0.2, 0.25) is 0 Å². The number of unbranched alkanes of at least 4 members (excludes halogenated alkanes) is 5. The topological polar surface area (TPSA) is 62.0 Å². The summed E-state index contributed by atoms with van der Waals surface area (Å²) in [4.78, 5) is 0. The van der Waals surface area contributed by atoms with Crippen LogP contribution in [0.4, 0.5) is 0 Å². The van der Waals surface area contributed by atoms with E-state index < -0.39 is 5.79 Å². The van der Waals surface area contributed by atoms with Crippen LogP contribution in [0.15, 0.2) is 0 Å². The highest BCUT2D eigenvalue weighted by atomic mass is 16.7. The summed E-state index contributed by atoms with van der Waals surface area (Å²) in [5.74, 6) is -0.140. The van der Waals surface area contributed by atoms with E-state index in [1.807, 2.05) is 0 Å². The Bertz CT molecular complexity index is 458. The van der Waals surface area contributed by atoms with Gasteiger partial charge in [-0.1, -0.05) is 59.3 Å². The maximum atomic E-state index is 6.62. The van der Waals surface area contributed by atoms with Crippen molar-refractivity contribution in [3.05, 3.63) is 0 Å². The van der Waals surface area contributed by atoms with E-state index >= 15 is 0 Å². The highest BCUT2D eigenvalue weighted by Gasteiger charge is 2.40. The van der Waals surface area contributed by atoms with Gasteiger partial charge in [0, 0.05) is 38.8 Å². The van der Waals surface area contributed by atoms with Crippen molar-refractivity contribution in [1.29, 1.82) is 0 Å². The lowest BCUT2D eigenvalue weighted by molar-refractivity contribution is -0.275. The van der Waals surface area contributed by atoms with Gasteiger partial charge in [-0.2, -0.15) is 0 Å². The average molecular weight is 487 g/mol. The maximum absolute atomic E-state index is 6.62. The van der Waals surface area contributed by atoms with Gasteiger partial charge >= 0.3 is 0 Å². The molecule has 6 nitrogen and oxygen atoms in total. The molecule has 0 saturated carbocycles. The molecule has 3 atom stereocenters. The Morgan fingerprint density at radius 3 is 1.74 bits per heavy atom. The molecule has 0 aromatic rings. The van der Waals surface area contributed by atoms with E-state index in [2.05, 4.69) is 20.8 Å². The van der Waals surface area contributed by atoms with Crippen molar-refractivity contribution in [2.75, 3.05) is 52.9 Å². The summed E-state index contributed by atoms with van der Waals surface area (Å²) in [6.45, 7) is 12.8. The summed E-state index contributed by atoms with van der Waals surface area (Å²) in [6, 6.07) is 0. The lowest BCUT2D eigenvalue weighted by Gasteiger charge is -2.41. The van der Waals surface area contributed by atoms with Crippen molar-refractivity contribution >= 4 is 0 Å². The molecule has 2 aliphatic rings. The fourth-order valence-electron chi connectivity index (χ4n) is 4.54. The second-order valence-corrected chi connectivity index (χ2v) is 10.1. The second kappa shape index (κ2) is 18.9. The molecule has 34 heavy (non-hydrogen) atoms. The van der Waals surface area contributed by atoms with E-state index in [0.717, 1.165) is 91.2 Å². The average Bonchev–Trinajstić information content (AvgIpc) is 3.77. The molecule has 0 radical (unpaired) electrons. The molecule has 0 amide bonds.